The molecule has 0 saturated heterocycles. The molecule has 1 N–H and O–H groups in total. The number of thioether (sulfide) groups is 1. The standard InChI is InChI=1S/C29H31N3O2S2/c1-36(33,34)26-14-13-22-15-18-32(19-16-25(22)21-26)17-8-20-35-29-30-27(23-9-4-2-5-10-23)28(31-29)24-11-6-3-7-12-24/h2-7,9-14,21H,8,15-20H2,1H3,(H,30,31). The number of imidazole rings is 1. The fraction of sp³-hybridized carbons (Fsp3) is 0.276. The van der Waals surface area contributed by atoms with Crippen molar-refractivity contribution in [2.24, 2.45) is 0 Å². The fourth-order valence-electron chi connectivity index (χ4n) is 4.70. The average Bonchev–Trinajstić information content (AvgIpc) is 3.21. The van der Waals surface area contributed by atoms with Gasteiger partial charge >= 0.3 is 0 Å². The number of aromatic amines is 1. The van der Waals surface area contributed by atoms with E-state index < -0.39 is 9.84 Å². The highest BCUT2D eigenvalue weighted by atomic mass is 32.2. The molecule has 1 aliphatic rings. The van der Waals surface area contributed by atoms with Crippen molar-refractivity contribution in [3.63, 3.8) is 0 Å². The molecule has 5 nitrogen and oxygen atoms in total. The first kappa shape index (κ1) is 24.8. The Bertz CT molecular complexity index is 1360. The number of H-pyrrole nitrogens is 1. The lowest BCUT2D eigenvalue weighted by molar-refractivity contribution is 0.289. The Balaban J connectivity index is 1.19. The highest BCUT2D eigenvalue weighted by Gasteiger charge is 2.17. The van der Waals surface area contributed by atoms with Crippen molar-refractivity contribution in [3.8, 4) is 22.5 Å². The van der Waals surface area contributed by atoms with Crippen LogP contribution in [0.2, 0.25) is 0 Å². The highest BCUT2D eigenvalue weighted by molar-refractivity contribution is 7.99. The first-order valence-electron chi connectivity index (χ1n) is 12.4. The van der Waals surface area contributed by atoms with Crippen molar-refractivity contribution in [1.29, 1.82) is 0 Å². The molecule has 0 radical (unpaired) electrons. The molecule has 0 amide bonds. The number of aromatic nitrogens is 2. The second kappa shape index (κ2) is 11.0. The van der Waals surface area contributed by atoms with E-state index in [0.29, 0.717) is 4.90 Å². The Morgan fingerprint density at radius 1 is 0.889 bits per heavy atom. The summed E-state index contributed by atoms with van der Waals surface area (Å²) in [7, 11) is -3.17. The van der Waals surface area contributed by atoms with Crippen LogP contribution in [0.3, 0.4) is 0 Å². The van der Waals surface area contributed by atoms with Crippen LogP contribution in [0.4, 0.5) is 0 Å². The molecule has 5 rings (SSSR count). The summed E-state index contributed by atoms with van der Waals surface area (Å²) in [6.07, 6.45) is 4.20. The number of fused-ring (bicyclic) bond motifs is 1. The van der Waals surface area contributed by atoms with Crippen LogP contribution in [0.15, 0.2) is 88.9 Å². The molecule has 1 aliphatic heterocycles. The molecular formula is C29H31N3O2S2. The largest absolute Gasteiger partial charge is 0.332 e. The normalized spacial score (nSPS) is 14.4. The van der Waals surface area contributed by atoms with Crippen molar-refractivity contribution in [3.05, 3.63) is 90.0 Å². The van der Waals surface area contributed by atoms with Crippen LogP contribution in [0.5, 0.6) is 0 Å². The van der Waals surface area contributed by atoms with Gasteiger partial charge < -0.3 is 9.88 Å². The zero-order valence-electron chi connectivity index (χ0n) is 20.5. The lowest BCUT2D eigenvalue weighted by Crippen LogP contribution is -2.27. The third-order valence-corrected chi connectivity index (χ3v) is 8.72. The van der Waals surface area contributed by atoms with Crippen LogP contribution in [-0.4, -0.2) is 54.9 Å². The van der Waals surface area contributed by atoms with Gasteiger partial charge in [-0.25, -0.2) is 13.4 Å². The zero-order chi connectivity index (χ0) is 25.0. The van der Waals surface area contributed by atoms with Gasteiger partial charge in [-0.15, -0.1) is 0 Å². The van der Waals surface area contributed by atoms with Gasteiger partial charge in [0.05, 0.1) is 16.3 Å². The van der Waals surface area contributed by atoms with Crippen molar-refractivity contribution >= 4 is 21.6 Å². The molecule has 2 heterocycles. The van der Waals surface area contributed by atoms with Crippen LogP contribution in [0.25, 0.3) is 22.5 Å². The Kier molecular flexibility index (Phi) is 7.60. The van der Waals surface area contributed by atoms with Crippen molar-refractivity contribution in [2.45, 2.75) is 29.3 Å². The lowest BCUT2D eigenvalue weighted by atomic mass is 10.0. The number of sulfone groups is 1. The van der Waals surface area contributed by atoms with Gasteiger partial charge in [-0.05, 0) is 49.1 Å². The summed E-state index contributed by atoms with van der Waals surface area (Å²) in [4.78, 5) is 11.4. The second-order valence-corrected chi connectivity index (χ2v) is 12.3. The van der Waals surface area contributed by atoms with Crippen molar-refractivity contribution in [1.82, 2.24) is 14.9 Å². The molecule has 36 heavy (non-hydrogen) atoms. The van der Waals surface area contributed by atoms with E-state index in [-0.39, 0.29) is 0 Å². The van der Waals surface area contributed by atoms with Crippen LogP contribution in [0, 0.1) is 0 Å². The Labute approximate surface area is 217 Å². The number of nitrogens with one attached hydrogen (secondary N) is 1. The van der Waals surface area contributed by atoms with Crippen molar-refractivity contribution in [2.75, 3.05) is 31.6 Å². The van der Waals surface area contributed by atoms with Gasteiger partial charge in [0.15, 0.2) is 15.0 Å². The van der Waals surface area contributed by atoms with Gasteiger partial charge in [-0.1, -0.05) is 78.5 Å². The number of hydrogen-bond donors (Lipinski definition) is 1. The number of hydrogen-bond acceptors (Lipinski definition) is 5. The number of nitrogens with zero attached hydrogens (tertiary/aromatic N) is 2. The molecule has 4 aromatic rings. The highest BCUT2D eigenvalue weighted by Crippen LogP contribution is 2.32. The number of benzene rings is 3. The van der Waals surface area contributed by atoms with Gasteiger partial charge in [-0.3, -0.25) is 0 Å². The van der Waals surface area contributed by atoms with E-state index in [9.17, 15) is 8.42 Å². The molecule has 0 atom stereocenters. The van der Waals surface area contributed by atoms with E-state index in [1.807, 2.05) is 36.4 Å². The number of rotatable bonds is 8. The molecule has 0 aliphatic carbocycles. The minimum Gasteiger partial charge on any atom is -0.332 e. The predicted octanol–water partition coefficient (Wildman–Crippen LogP) is 5.73. The summed E-state index contributed by atoms with van der Waals surface area (Å²) in [5.41, 5.74) is 6.75. The first-order chi connectivity index (χ1) is 17.5. The van der Waals surface area contributed by atoms with E-state index in [1.54, 1.807) is 17.8 Å². The molecular weight excluding hydrogens is 486 g/mol. The minimum absolute atomic E-state index is 0.425. The second-order valence-electron chi connectivity index (χ2n) is 9.24. The maximum absolute atomic E-state index is 11.9. The van der Waals surface area contributed by atoms with E-state index >= 15 is 0 Å². The molecule has 0 fully saturated rings. The molecule has 0 saturated carbocycles. The average molecular weight is 518 g/mol. The lowest BCUT2D eigenvalue weighted by Gasteiger charge is -2.19. The van der Waals surface area contributed by atoms with E-state index in [4.69, 9.17) is 4.98 Å². The van der Waals surface area contributed by atoms with Crippen LogP contribution >= 0.6 is 11.8 Å². The van der Waals surface area contributed by atoms with Crippen molar-refractivity contribution < 1.29 is 8.42 Å². The molecule has 7 heteroatoms. The third-order valence-electron chi connectivity index (χ3n) is 6.65. The maximum Gasteiger partial charge on any atom is 0.175 e. The SMILES string of the molecule is CS(=O)(=O)c1ccc2c(c1)CCN(CCCSc1nc(-c3ccccc3)c(-c3ccccc3)[nH]1)CC2. The van der Waals surface area contributed by atoms with Crippen LogP contribution < -0.4 is 0 Å². The smallest absolute Gasteiger partial charge is 0.175 e. The summed E-state index contributed by atoms with van der Waals surface area (Å²) >= 11 is 1.77. The topological polar surface area (TPSA) is 66.1 Å². The van der Waals surface area contributed by atoms with E-state index in [2.05, 4.69) is 46.3 Å². The van der Waals surface area contributed by atoms with Crippen LogP contribution in [0.1, 0.15) is 17.5 Å². The predicted molar refractivity (Wildman–Crippen MR) is 148 cm³/mol. The molecule has 3 aromatic carbocycles. The summed E-state index contributed by atoms with van der Waals surface area (Å²) in [6.45, 7) is 2.99. The van der Waals surface area contributed by atoms with E-state index in [0.717, 1.165) is 72.3 Å². The third kappa shape index (κ3) is 5.91. The maximum atomic E-state index is 11.9. The molecule has 1 aromatic heterocycles. The Morgan fingerprint density at radius 2 is 1.56 bits per heavy atom. The molecule has 0 unspecified atom stereocenters. The van der Waals surface area contributed by atoms with Gasteiger partial charge in [0.25, 0.3) is 0 Å². The van der Waals surface area contributed by atoms with Gasteiger partial charge in [0.2, 0.25) is 0 Å². The monoisotopic (exact) mass is 517 g/mol. The van der Waals surface area contributed by atoms with Gasteiger partial charge in [0, 0.05) is 36.2 Å². The molecule has 186 valence electrons. The quantitative estimate of drug-likeness (QED) is 0.239. The van der Waals surface area contributed by atoms with E-state index in [1.165, 1.54) is 17.4 Å². The van der Waals surface area contributed by atoms with Gasteiger partial charge in [0.1, 0.15) is 0 Å². The molecule has 0 spiro atoms. The summed E-state index contributed by atoms with van der Waals surface area (Å²) < 4.78 is 23.8. The summed E-state index contributed by atoms with van der Waals surface area (Å²) in [6, 6.07) is 26.3. The summed E-state index contributed by atoms with van der Waals surface area (Å²) in [5, 5.41) is 0.948. The summed E-state index contributed by atoms with van der Waals surface area (Å²) in [5.74, 6) is 0.984. The Morgan fingerprint density at radius 3 is 2.25 bits per heavy atom. The first-order valence-corrected chi connectivity index (χ1v) is 15.2. The van der Waals surface area contributed by atoms with Crippen LogP contribution in [-0.2, 0) is 22.7 Å². The van der Waals surface area contributed by atoms with Gasteiger partial charge in [-0.2, -0.15) is 0 Å². The molecule has 0 bridgehead atoms. The fourth-order valence-corrected chi connectivity index (χ4v) is 6.17. The zero-order valence-corrected chi connectivity index (χ0v) is 22.1. The minimum atomic E-state index is -3.17. The Hall–Kier alpha value is -2.87.